The topological polar surface area (TPSA) is 19.6 Å². The molecule has 0 fully saturated rings. The monoisotopic (exact) mass is 1280 g/mol. The minimum atomic E-state index is -0.473. The number of anilines is 6. The number of para-hydroxylation sites is 4. The number of hydrogen-bond acceptors (Lipinski definition) is 3. The quantitative estimate of drug-likeness (QED) is 0.108. The average Bonchev–Trinajstić information content (AvgIpc) is 1.53. The van der Waals surface area contributed by atoms with Crippen LogP contribution in [0.15, 0.2) is 417 Å². The fourth-order valence-corrected chi connectivity index (χ4v) is 14.9. The van der Waals surface area contributed by atoms with E-state index in [4.69, 9.17) is 4.42 Å². The van der Waals surface area contributed by atoms with Crippen LogP contribution in [-0.2, 0) is 5.41 Å². The lowest BCUT2D eigenvalue weighted by Crippen LogP contribution is -2.28. The van der Waals surface area contributed by atoms with Gasteiger partial charge in [-0.25, -0.2) is 0 Å². The fraction of sp³-hybridized carbons (Fsp3) is 0.0103. The highest BCUT2D eigenvalue weighted by Gasteiger charge is 2.46. The van der Waals surface area contributed by atoms with Gasteiger partial charge in [-0.05, 0) is 162 Å². The summed E-state index contributed by atoms with van der Waals surface area (Å²) in [7, 11) is 0. The third-order valence-corrected chi connectivity index (χ3v) is 19.7. The summed E-state index contributed by atoms with van der Waals surface area (Å²) in [5.41, 5.74) is 29.9. The van der Waals surface area contributed by atoms with Gasteiger partial charge in [0.1, 0.15) is 11.2 Å². The van der Waals surface area contributed by atoms with Gasteiger partial charge in [-0.1, -0.05) is 340 Å². The van der Waals surface area contributed by atoms with Crippen molar-refractivity contribution in [2.24, 2.45) is 0 Å². The first-order valence-electron chi connectivity index (χ1n) is 34.3. The van der Waals surface area contributed by atoms with E-state index in [-0.39, 0.29) is 0 Å². The van der Waals surface area contributed by atoms with E-state index in [0.717, 1.165) is 72.8 Å². The zero-order valence-electron chi connectivity index (χ0n) is 55.1. The van der Waals surface area contributed by atoms with Gasteiger partial charge in [0.15, 0.2) is 0 Å². The molecule has 0 saturated carbocycles. The Morgan fingerprint density at radius 2 is 0.540 bits per heavy atom. The maximum absolute atomic E-state index is 6.35. The molecule has 0 aliphatic heterocycles. The second kappa shape index (κ2) is 26.8. The molecule has 18 rings (SSSR count). The standard InChI is InChI=1S/C55H37NO.C42H31N/c1-4-15-41(16-5-1)55(42-17-6-2-7-18-42)51-25-12-10-21-47(51)48-36-35-45(37-52(48)55)56(43-19-8-3-9-20-43)44-33-31-39(32-34-44)38-27-29-40(30-28-38)46-23-14-24-50-49-22-11-13-26-53(49)57-54(46)50;1-4-12-32(13-5-1)35-20-22-38(23-21-35)41-18-10-11-19-42(41)43(39-28-24-36(25-29-39)33-14-6-2-7-15-33)40-30-26-37(27-31-40)34-16-8-3-9-17-34/h1-37H;1-31H. The molecule has 16 aromatic carbocycles. The molecule has 1 aliphatic rings. The van der Waals surface area contributed by atoms with Crippen LogP contribution in [0, 0.1) is 0 Å². The maximum atomic E-state index is 6.35. The van der Waals surface area contributed by atoms with Crippen LogP contribution < -0.4 is 9.80 Å². The minimum absolute atomic E-state index is 0.473. The molecular formula is C97H68N2O. The van der Waals surface area contributed by atoms with Crippen LogP contribution in [0.3, 0.4) is 0 Å². The van der Waals surface area contributed by atoms with E-state index >= 15 is 0 Å². The molecule has 0 atom stereocenters. The third kappa shape index (κ3) is 11.4. The van der Waals surface area contributed by atoms with Crippen LogP contribution >= 0.6 is 0 Å². The van der Waals surface area contributed by atoms with Crippen molar-refractivity contribution in [1.82, 2.24) is 0 Å². The number of furan rings is 1. The highest BCUT2D eigenvalue weighted by molar-refractivity contribution is 6.09. The van der Waals surface area contributed by atoms with Crippen molar-refractivity contribution in [3.8, 4) is 77.9 Å². The Morgan fingerprint density at radius 3 is 1.06 bits per heavy atom. The SMILES string of the molecule is c1ccc(-c2ccc(-c3ccccc3N(c3ccc(-c4ccccc4)cc3)c3ccc(-c4ccccc4)cc3)cc2)cc1.c1ccc(N(c2ccc(-c3ccc(-c4cccc5c4oc4ccccc45)cc3)cc2)c2ccc3c(c2)C(c2ccccc2)(c2ccccc2)c2ccccc2-3)cc1. The van der Waals surface area contributed by atoms with E-state index in [9.17, 15) is 0 Å². The Morgan fingerprint density at radius 1 is 0.200 bits per heavy atom. The van der Waals surface area contributed by atoms with Gasteiger partial charge >= 0.3 is 0 Å². The Labute approximate surface area is 584 Å². The summed E-state index contributed by atoms with van der Waals surface area (Å²) in [6, 6.07) is 148. The fourth-order valence-electron chi connectivity index (χ4n) is 14.9. The largest absolute Gasteiger partial charge is 0.455 e. The second-order valence-corrected chi connectivity index (χ2v) is 25.5. The van der Waals surface area contributed by atoms with Crippen LogP contribution in [-0.4, -0.2) is 0 Å². The van der Waals surface area contributed by atoms with Gasteiger partial charge < -0.3 is 14.2 Å². The lowest BCUT2D eigenvalue weighted by atomic mass is 9.67. The molecule has 17 aromatic rings. The lowest BCUT2D eigenvalue weighted by molar-refractivity contribution is 0.670. The molecule has 1 heterocycles. The van der Waals surface area contributed by atoms with Crippen molar-refractivity contribution >= 4 is 56.1 Å². The molecule has 3 heteroatoms. The van der Waals surface area contributed by atoms with Crippen LogP contribution in [0.4, 0.5) is 34.1 Å². The first-order valence-corrected chi connectivity index (χ1v) is 34.3. The molecule has 472 valence electrons. The molecule has 3 nitrogen and oxygen atoms in total. The number of rotatable bonds is 14. The third-order valence-electron chi connectivity index (χ3n) is 19.7. The summed E-state index contributed by atoms with van der Waals surface area (Å²) in [6.07, 6.45) is 0. The Balaban J connectivity index is 0.000000156. The Kier molecular flexibility index (Phi) is 16.3. The summed E-state index contributed by atoms with van der Waals surface area (Å²) in [5.74, 6) is 0. The van der Waals surface area contributed by atoms with E-state index in [1.54, 1.807) is 0 Å². The van der Waals surface area contributed by atoms with Crippen molar-refractivity contribution in [3.63, 3.8) is 0 Å². The van der Waals surface area contributed by atoms with Gasteiger partial charge in [0, 0.05) is 50.3 Å². The Hall–Kier alpha value is -13.1. The molecule has 0 saturated heterocycles. The molecule has 0 bridgehead atoms. The summed E-state index contributed by atoms with van der Waals surface area (Å²) in [5, 5.41) is 2.29. The summed E-state index contributed by atoms with van der Waals surface area (Å²) in [6.45, 7) is 0. The predicted molar refractivity (Wildman–Crippen MR) is 419 cm³/mol. The van der Waals surface area contributed by atoms with Gasteiger partial charge in [0.25, 0.3) is 0 Å². The lowest BCUT2D eigenvalue weighted by Gasteiger charge is -2.35. The number of benzene rings is 16. The summed E-state index contributed by atoms with van der Waals surface area (Å²) < 4.78 is 6.35. The van der Waals surface area contributed by atoms with Gasteiger partial charge in [-0.3, -0.25) is 0 Å². The molecule has 1 aliphatic carbocycles. The van der Waals surface area contributed by atoms with E-state index < -0.39 is 5.41 Å². The van der Waals surface area contributed by atoms with Crippen molar-refractivity contribution < 1.29 is 4.42 Å². The average molecular weight is 1280 g/mol. The van der Waals surface area contributed by atoms with Crippen molar-refractivity contribution in [2.45, 2.75) is 5.41 Å². The zero-order chi connectivity index (χ0) is 66.6. The van der Waals surface area contributed by atoms with Crippen LogP contribution in [0.25, 0.3) is 99.8 Å². The van der Waals surface area contributed by atoms with Gasteiger partial charge in [0.2, 0.25) is 0 Å². The minimum Gasteiger partial charge on any atom is -0.455 e. The highest BCUT2D eigenvalue weighted by atomic mass is 16.3. The molecule has 0 amide bonds. The Bertz CT molecular complexity index is 5520. The molecule has 0 spiro atoms. The predicted octanol–water partition coefficient (Wildman–Crippen LogP) is 26.6. The maximum Gasteiger partial charge on any atom is 0.143 e. The van der Waals surface area contributed by atoms with Gasteiger partial charge in [-0.15, -0.1) is 0 Å². The zero-order valence-corrected chi connectivity index (χ0v) is 55.1. The van der Waals surface area contributed by atoms with E-state index in [1.807, 2.05) is 12.1 Å². The molecule has 0 radical (unpaired) electrons. The van der Waals surface area contributed by atoms with Gasteiger partial charge in [0.05, 0.1) is 11.1 Å². The smallest absolute Gasteiger partial charge is 0.143 e. The van der Waals surface area contributed by atoms with Crippen LogP contribution in [0.1, 0.15) is 22.3 Å². The van der Waals surface area contributed by atoms with E-state index in [2.05, 4.69) is 410 Å². The normalized spacial score (nSPS) is 11.9. The highest BCUT2D eigenvalue weighted by Crippen LogP contribution is 2.57. The number of fused-ring (bicyclic) bond motifs is 6. The van der Waals surface area contributed by atoms with Crippen molar-refractivity contribution in [2.75, 3.05) is 9.80 Å². The number of hydrogen-bond donors (Lipinski definition) is 0. The van der Waals surface area contributed by atoms with Gasteiger partial charge in [-0.2, -0.15) is 0 Å². The molecule has 0 unspecified atom stereocenters. The molecule has 0 N–H and O–H groups in total. The summed E-state index contributed by atoms with van der Waals surface area (Å²) >= 11 is 0. The molecule has 1 aromatic heterocycles. The first-order chi connectivity index (χ1) is 49.6. The van der Waals surface area contributed by atoms with Crippen molar-refractivity contribution in [3.05, 3.63) is 435 Å². The van der Waals surface area contributed by atoms with E-state index in [0.29, 0.717) is 0 Å². The molecule has 100 heavy (non-hydrogen) atoms. The summed E-state index contributed by atoms with van der Waals surface area (Å²) in [4.78, 5) is 4.74. The number of nitrogens with zero attached hydrogens (tertiary/aromatic N) is 2. The van der Waals surface area contributed by atoms with Crippen molar-refractivity contribution in [1.29, 1.82) is 0 Å². The second-order valence-electron chi connectivity index (χ2n) is 25.5. The van der Waals surface area contributed by atoms with Crippen LogP contribution in [0.2, 0.25) is 0 Å². The van der Waals surface area contributed by atoms with Crippen LogP contribution in [0.5, 0.6) is 0 Å². The molecular weight excluding hydrogens is 1210 g/mol. The van der Waals surface area contributed by atoms with E-state index in [1.165, 1.54) is 83.5 Å². The first kappa shape index (κ1) is 60.6.